The minimum Gasteiger partial charge on any atom is -0.497 e. The number of rotatable bonds is 5. The van der Waals surface area contributed by atoms with Gasteiger partial charge in [0.25, 0.3) is 11.8 Å². The van der Waals surface area contributed by atoms with Gasteiger partial charge in [0.2, 0.25) is 0 Å². The van der Waals surface area contributed by atoms with Crippen LogP contribution in [0.2, 0.25) is 0 Å². The van der Waals surface area contributed by atoms with Crippen molar-refractivity contribution in [2.24, 2.45) is 0 Å². The van der Waals surface area contributed by atoms with Crippen LogP contribution in [0.15, 0.2) is 42.1 Å². The SMILES string of the molecule is COc1ccc(OC)c(N2C(=O)C(c3ccc(C)cc3C)=C(N3CCCCC3)C2=O)c1. The monoisotopic (exact) mass is 420 g/mol. The zero-order valence-electron chi connectivity index (χ0n) is 18.5. The lowest BCUT2D eigenvalue weighted by Crippen LogP contribution is -2.37. The molecule has 0 N–H and O–H groups in total. The van der Waals surface area contributed by atoms with E-state index in [1.807, 2.05) is 32.0 Å². The van der Waals surface area contributed by atoms with Crippen LogP contribution >= 0.6 is 0 Å². The van der Waals surface area contributed by atoms with Gasteiger partial charge in [0.1, 0.15) is 17.2 Å². The quantitative estimate of drug-likeness (QED) is 0.682. The fraction of sp³-hybridized carbons (Fsp3) is 0.360. The highest BCUT2D eigenvalue weighted by Crippen LogP contribution is 2.41. The molecule has 0 saturated carbocycles. The lowest BCUT2D eigenvalue weighted by molar-refractivity contribution is -0.120. The van der Waals surface area contributed by atoms with Gasteiger partial charge >= 0.3 is 0 Å². The highest BCUT2D eigenvalue weighted by Gasteiger charge is 2.44. The van der Waals surface area contributed by atoms with Crippen molar-refractivity contribution in [3.8, 4) is 11.5 Å². The van der Waals surface area contributed by atoms with E-state index in [9.17, 15) is 9.59 Å². The van der Waals surface area contributed by atoms with Gasteiger partial charge in [-0.2, -0.15) is 0 Å². The first-order chi connectivity index (χ1) is 15.0. The molecule has 31 heavy (non-hydrogen) atoms. The minimum atomic E-state index is -0.330. The first-order valence-electron chi connectivity index (χ1n) is 10.6. The van der Waals surface area contributed by atoms with Crippen LogP contribution < -0.4 is 14.4 Å². The Morgan fingerprint density at radius 3 is 2.23 bits per heavy atom. The van der Waals surface area contributed by atoms with Crippen molar-refractivity contribution >= 4 is 23.1 Å². The van der Waals surface area contributed by atoms with Crippen molar-refractivity contribution in [1.29, 1.82) is 0 Å². The lowest BCUT2D eigenvalue weighted by atomic mass is 9.96. The predicted molar refractivity (Wildman–Crippen MR) is 120 cm³/mol. The average molecular weight is 421 g/mol. The van der Waals surface area contributed by atoms with E-state index >= 15 is 0 Å². The maximum Gasteiger partial charge on any atom is 0.282 e. The number of piperidine rings is 1. The maximum atomic E-state index is 13.8. The second kappa shape index (κ2) is 8.46. The van der Waals surface area contributed by atoms with Crippen LogP contribution in [0.1, 0.15) is 36.0 Å². The number of anilines is 1. The highest BCUT2D eigenvalue weighted by molar-refractivity contribution is 6.45. The van der Waals surface area contributed by atoms with Crippen LogP contribution in [-0.4, -0.2) is 44.0 Å². The molecule has 6 nitrogen and oxygen atoms in total. The van der Waals surface area contributed by atoms with Crippen LogP contribution in [0.4, 0.5) is 5.69 Å². The van der Waals surface area contributed by atoms with Crippen LogP contribution in [-0.2, 0) is 9.59 Å². The molecule has 0 spiro atoms. The van der Waals surface area contributed by atoms with Gasteiger partial charge in [0, 0.05) is 19.2 Å². The molecule has 2 aliphatic heterocycles. The molecule has 0 radical (unpaired) electrons. The Hall–Kier alpha value is -3.28. The Balaban J connectivity index is 1.89. The Labute approximate surface area is 183 Å². The Kier molecular flexibility index (Phi) is 5.72. The molecule has 0 unspecified atom stereocenters. The number of aryl methyl sites for hydroxylation is 2. The second-order valence-corrected chi connectivity index (χ2v) is 8.07. The first kappa shape index (κ1) is 21.0. The zero-order chi connectivity index (χ0) is 22.1. The van der Waals surface area contributed by atoms with Crippen molar-refractivity contribution in [1.82, 2.24) is 4.90 Å². The van der Waals surface area contributed by atoms with E-state index in [1.165, 1.54) is 12.0 Å². The van der Waals surface area contributed by atoms with E-state index in [0.717, 1.165) is 49.0 Å². The smallest absolute Gasteiger partial charge is 0.282 e. The number of imide groups is 1. The molecule has 2 aromatic carbocycles. The molecule has 0 atom stereocenters. The summed E-state index contributed by atoms with van der Waals surface area (Å²) in [7, 11) is 3.08. The number of amides is 2. The zero-order valence-corrected chi connectivity index (χ0v) is 18.5. The summed E-state index contributed by atoms with van der Waals surface area (Å²) in [6.07, 6.45) is 3.15. The van der Waals surface area contributed by atoms with E-state index in [1.54, 1.807) is 25.3 Å². The highest BCUT2D eigenvalue weighted by atomic mass is 16.5. The summed E-state index contributed by atoms with van der Waals surface area (Å²) < 4.78 is 10.8. The average Bonchev–Trinajstić information content (AvgIpc) is 3.03. The van der Waals surface area contributed by atoms with E-state index in [0.29, 0.717) is 28.5 Å². The van der Waals surface area contributed by atoms with Crippen LogP contribution in [0, 0.1) is 13.8 Å². The van der Waals surface area contributed by atoms with Gasteiger partial charge < -0.3 is 14.4 Å². The van der Waals surface area contributed by atoms with Gasteiger partial charge in [-0.25, -0.2) is 4.90 Å². The van der Waals surface area contributed by atoms with Gasteiger partial charge in [-0.05, 0) is 56.4 Å². The third-order valence-electron chi connectivity index (χ3n) is 6.01. The molecular formula is C25H28N2O4. The molecule has 2 aromatic rings. The summed E-state index contributed by atoms with van der Waals surface area (Å²) in [5.41, 5.74) is 4.24. The summed E-state index contributed by atoms with van der Waals surface area (Å²) in [5.74, 6) is 0.357. The van der Waals surface area contributed by atoms with Gasteiger partial charge in [-0.3, -0.25) is 9.59 Å². The summed E-state index contributed by atoms with van der Waals surface area (Å²) >= 11 is 0. The van der Waals surface area contributed by atoms with E-state index in [2.05, 4.69) is 4.90 Å². The fourth-order valence-electron chi connectivity index (χ4n) is 4.46. The molecule has 4 rings (SSSR count). The van der Waals surface area contributed by atoms with Gasteiger partial charge in [0.15, 0.2) is 0 Å². The van der Waals surface area contributed by atoms with Crippen molar-refractivity contribution in [2.75, 3.05) is 32.2 Å². The molecule has 1 fully saturated rings. The molecule has 162 valence electrons. The fourth-order valence-corrected chi connectivity index (χ4v) is 4.46. The number of benzene rings is 2. The second-order valence-electron chi connectivity index (χ2n) is 8.07. The van der Waals surface area contributed by atoms with Crippen molar-refractivity contribution < 1.29 is 19.1 Å². The molecule has 2 amide bonds. The normalized spacial score (nSPS) is 16.9. The van der Waals surface area contributed by atoms with Gasteiger partial charge in [-0.1, -0.05) is 23.8 Å². The van der Waals surface area contributed by atoms with Crippen LogP contribution in [0.25, 0.3) is 5.57 Å². The van der Waals surface area contributed by atoms with E-state index < -0.39 is 0 Å². The number of ether oxygens (including phenoxy) is 2. The number of nitrogens with zero attached hydrogens (tertiary/aromatic N) is 2. The molecule has 6 heteroatoms. The predicted octanol–water partition coefficient (Wildman–Crippen LogP) is 4.09. The summed E-state index contributed by atoms with van der Waals surface area (Å²) in [6.45, 7) is 5.54. The van der Waals surface area contributed by atoms with E-state index in [4.69, 9.17) is 9.47 Å². The molecule has 0 aromatic heterocycles. The standard InChI is InChI=1S/C25H28N2O4/c1-16-8-10-19(17(2)14-16)22-23(26-12-6-5-7-13-26)25(29)27(24(22)28)20-15-18(30-3)9-11-21(20)31-4/h8-11,14-15H,5-7,12-13H2,1-4H3. The number of likely N-dealkylation sites (tertiary alicyclic amines) is 1. The summed E-state index contributed by atoms with van der Waals surface area (Å²) in [6, 6.07) is 11.1. The molecule has 2 aliphatic rings. The largest absolute Gasteiger partial charge is 0.497 e. The minimum absolute atomic E-state index is 0.312. The summed E-state index contributed by atoms with van der Waals surface area (Å²) in [5, 5.41) is 0. The van der Waals surface area contributed by atoms with Crippen LogP contribution in [0.5, 0.6) is 11.5 Å². The molecule has 0 aliphatic carbocycles. The van der Waals surface area contributed by atoms with Crippen molar-refractivity contribution in [3.63, 3.8) is 0 Å². The molecule has 2 heterocycles. The lowest BCUT2D eigenvalue weighted by Gasteiger charge is -2.30. The van der Waals surface area contributed by atoms with Gasteiger partial charge in [-0.15, -0.1) is 0 Å². The summed E-state index contributed by atoms with van der Waals surface area (Å²) in [4.78, 5) is 30.9. The number of hydrogen-bond donors (Lipinski definition) is 0. The Bertz CT molecular complexity index is 1070. The van der Waals surface area contributed by atoms with E-state index in [-0.39, 0.29) is 11.8 Å². The first-order valence-corrected chi connectivity index (χ1v) is 10.6. The molecular weight excluding hydrogens is 392 g/mol. The third-order valence-corrected chi connectivity index (χ3v) is 6.01. The number of carbonyl (C=O) groups is 2. The topological polar surface area (TPSA) is 59.1 Å². The number of methoxy groups -OCH3 is 2. The van der Waals surface area contributed by atoms with Gasteiger partial charge in [0.05, 0.1) is 25.5 Å². The molecule has 1 saturated heterocycles. The number of carbonyl (C=O) groups excluding carboxylic acids is 2. The van der Waals surface area contributed by atoms with Crippen molar-refractivity contribution in [2.45, 2.75) is 33.1 Å². The Morgan fingerprint density at radius 2 is 1.58 bits per heavy atom. The number of hydrogen-bond acceptors (Lipinski definition) is 5. The third kappa shape index (κ3) is 3.67. The van der Waals surface area contributed by atoms with Crippen molar-refractivity contribution in [3.05, 3.63) is 58.8 Å². The maximum absolute atomic E-state index is 13.8. The van der Waals surface area contributed by atoms with Crippen LogP contribution in [0.3, 0.4) is 0 Å². The Morgan fingerprint density at radius 1 is 0.839 bits per heavy atom. The molecule has 0 bridgehead atoms.